The molecule has 3 aromatic rings. The molecule has 4 rings (SSSR count). The van der Waals surface area contributed by atoms with Gasteiger partial charge in [-0.3, -0.25) is 19.8 Å². The zero-order valence-electron chi connectivity index (χ0n) is 19.0. The van der Waals surface area contributed by atoms with Gasteiger partial charge in [0.2, 0.25) is 0 Å². The molecule has 1 N–H and O–H groups in total. The number of hydrogen-bond acceptors (Lipinski definition) is 4. The third kappa shape index (κ3) is 4.75. The molecule has 1 aliphatic rings. The van der Waals surface area contributed by atoms with Crippen molar-refractivity contribution in [3.63, 3.8) is 0 Å². The fraction of sp³-hybridized carbons (Fsp3) is 0.115. The van der Waals surface area contributed by atoms with E-state index < -0.39 is 11.8 Å². The molecule has 35 heavy (non-hydrogen) atoms. The van der Waals surface area contributed by atoms with Gasteiger partial charge in [0.1, 0.15) is 17.9 Å². The van der Waals surface area contributed by atoms with E-state index >= 15 is 0 Å². The lowest BCUT2D eigenvalue weighted by molar-refractivity contribution is -0.122. The Morgan fingerprint density at radius 1 is 1.11 bits per heavy atom. The first-order chi connectivity index (χ1) is 16.7. The van der Waals surface area contributed by atoms with Gasteiger partial charge in [-0.2, -0.15) is 0 Å². The quantitative estimate of drug-likeness (QED) is 0.191. The van der Waals surface area contributed by atoms with Gasteiger partial charge in [-0.1, -0.05) is 41.9 Å². The van der Waals surface area contributed by atoms with E-state index in [1.54, 1.807) is 30.4 Å². The van der Waals surface area contributed by atoms with E-state index in [0.29, 0.717) is 12.3 Å². The molecule has 0 saturated carbocycles. The van der Waals surface area contributed by atoms with Crippen LogP contribution in [0.15, 0.2) is 66.8 Å². The number of benzene rings is 2. The number of carbonyl (C=O) groups excluding carboxylic acids is 2. The highest BCUT2D eigenvalue weighted by Gasteiger charge is 2.36. The van der Waals surface area contributed by atoms with Crippen LogP contribution in [0, 0.1) is 13.8 Å². The summed E-state index contributed by atoms with van der Waals surface area (Å²) in [6.07, 6.45) is 3.25. The lowest BCUT2D eigenvalue weighted by Crippen LogP contribution is -2.54. The molecule has 2 amide bonds. The molecular weight excluding hydrogens is 505 g/mol. The van der Waals surface area contributed by atoms with Gasteiger partial charge in [0.15, 0.2) is 5.11 Å². The van der Waals surface area contributed by atoms with Gasteiger partial charge in [-0.15, -0.1) is 0 Å². The Bertz CT molecular complexity index is 1390. The van der Waals surface area contributed by atoms with E-state index in [4.69, 9.17) is 40.2 Å². The first kappa shape index (κ1) is 24.7. The molecule has 9 heteroatoms. The minimum Gasteiger partial charge on any atom is -0.490 e. The van der Waals surface area contributed by atoms with Crippen LogP contribution in [0.2, 0.25) is 10.0 Å². The number of rotatable bonds is 6. The lowest BCUT2D eigenvalue weighted by Gasteiger charge is -2.29. The fourth-order valence-electron chi connectivity index (χ4n) is 3.87. The van der Waals surface area contributed by atoms with Crippen LogP contribution >= 0.6 is 35.4 Å². The second-order valence-electron chi connectivity index (χ2n) is 7.79. The van der Waals surface area contributed by atoms with Crippen LogP contribution in [0.5, 0.6) is 5.75 Å². The maximum atomic E-state index is 13.4. The van der Waals surface area contributed by atoms with Crippen molar-refractivity contribution in [2.75, 3.05) is 11.5 Å². The van der Waals surface area contributed by atoms with Crippen LogP contribution in [0.1, 0.15) is 17.0 Å². The molecule has 2 aromatic carbocycles. The third-order valence-electron chi connectivity index (χ3n) is 5.51. The van der Waals surface area contributed by atoms with E-state index in [2.05, 4.69) is 11.9 Å². The smallest absolute Gasteiger partial charge is 0.270 e. The number of aryl methyl sites for hydroxylation is 1. The summed E-state index contributed by atoms with van der Waals surface area (Å²) < 4.78 is 7.59. The Morgan fingerprint density at radius 3 is 2.51 bits per heavy atom. The Morgan fingerprint density at radius 2 is 1.83 bits per heavy atom. The van der Waals surface area contributed by atoms with Crippen LogP contribution < -0.4 is 15.0 Å². The van der Waals surface area contributed by atoms with Crippen LogP contribution in [-0.2, 0) is 9.59 Å². The van der Waals surface area contributed by atoms with Gasteiger partial charge in [0.25, 0.3) is 11.8 Å². The average molecular weight is 526 g/mol. The number of ether oxygens (including phenoxy) is 1. The Balaban J connectivity index is 1.71. The summed E-state index contributed by atoms with van der Waals surface area (Å²) in [5, 5.41) is 2.94. The van der Waals surface area contributed by atoms with Gasteiger partial charge in [0.05, 0.1) is 15.7 Å². The van der Waals surface area contributed by atoms with Crippen molar-refractivity contribution in [1.29, 1.82) is 0 Å². The fourth-order valence-corrected chi connectivity index (χ4v) is 4.53. The Labute approximate surface area is 218 Å². The van der Waals surface area contributed by atoms with Crippen molar-refractivity contribution >= 4 is 64.1 Å². The number of halogens is 2. The number of amides is 2. The zero-order valence-corrected chi connectivity index (χ0v) is 21.3. The summed E-state index contributed by atoms with van der Waals surface area (Å²) in [5.74, 6) is -0.432. The van der Waals surface area contributed by atoms with Gasteiger partial charge in [-0.25, -0.2) is 0 Å². The molecule has 1 fully saturated rings. The van der Waals surface area contributed by atoms with Crippen molar-refractivity contribution in [1.82, 2.24) is 9.88 Å². The molecule has 0 radical (unpaired) electrons. The number of hydrogen-bond donors (Lipinski definition) is 1. The van der Waals surface area contributed by atoms with Gasteiger partial charge in [-0.05, 0) is 80.2 Å². The molecule has 0 bridgehead atoms. The first-order valence-corrected chi connectivity index (χ1v) is 11.8. The Kier molecular flexibility index (Phi) is 7.12. The van der Waals surface area contributed by atoms with Crippen LogP contribution in [0.25, 0.3) is 11.8 Å². The van der Waals surface area contributed by atoms with Crippen LogP contribution in [-0.4, -0.2) is 28.1 Å². The lowest BCUT2D eigenvalue weighted by atomic mass is 10.1. The molecule has 1 aliphatic heterocycles. The normalized spacial score (nSPS) is 14.9. The number of thiocarbonyl (C=S) groups is 1. The third-order valence-corrected chi connectivity index (χ3v) is 6.60. The van der Waals surface area contributed by atoms with E-state index in [1.165, 1.54) is 4.90 Å². The van der Waals surface area contributed by atoms with E-state index in [9.17, 15) is 9.59 Å². The summed E-state index contributed by atoms with van der Waals surface area (Å²) in [5.41, 5.74) is 3.66. The van der Waals surface area contributed by atoms with E-state index in [0.717, 1.165) is 28.4 Å². The maximum Gasteiger partial charge on any atom is 0.270 e. The molecule has 1 saturated heterocycles. The maximum absolute atomic E-state index is 13.4. The standard InChI is InChI=1S/C26H21Cl2N3O3S/c1-4-12-34-19-10-8-18(9-11-19)30-15(2)13-17(16(30)3)14-20-24(32)29-26(35)31(25(20)33)22-7-5-6-21(27)23(22)28/h4-11,13-14H,1,12H2,2-3H3,(H,29,32,35)/b20-14+. The Hall–Kier alpha value is -3.39. The molecule has 0 spiro atoms. The minimum absolute atomic E-state index is 0.0643. The number of nitrogens with zero attached hydrogens (tertiary/aromatic N) is 2. The van der Waals surface area contributed by atoms with Gasteiger partial charge >= 0.3 is 0 Å². The molecule has 0 aliphatic carbocycles. The molecule has 0 atom stereocenters. The monoisotopic (exact) mass is 525 g/mol. The predicted octanol–water partition coefficient (Wildman–Crippen LogP) is 5.80. The highest BCUT2D eigenvalue weighted by atomic mass is 35.5. The highest BCUT2D eigenvalue weighted by Crippen LogP contribution is 2.34. The van der Waals surface area contributed by atoms with Crippen molar-refractivity contribution in [3.05, 3.63) is 93.8 Å². The van der Waals surface area contributed by atoms with Gasteiger partial charge in [0, 0.05) is 17.1 Å². The first-order valence-electron chi connectivity index (χ1n) is 10.6. The number of aromatic nitrogens is 1. The second kappa shape index (κ2) is 10.1. The van der Waals surface area contributed by atoms with Crippen LogP contribution in [0.4, 0.5) is 5.69 Å². The van der Waals surface area contributed by atoms with Crippen LogP contribution in [0.3, 0.4) is 0 Å². The summed E-state index contributed by atoms with van der Waals surface area (Å²) in [6, 6.07) is 14.4. The molecule has 0 unspecified atom stereocenters. The second-order valence-corrected chi connectivity index (χ2v) is 8.96. The zero-order chi connectivity index (χ0) is 25.3. The molecule has 178 valence electrons. The summed E-state index contributed by atoms with van der Waals surface area (Å²) >= 11 is 17.7. The molecule has 1 aromatic heterocycles. The topological polar surface area (TPSA) is 63.6 Å². The number of carbonyl (C=O) groups is 2. The van der Waals surface area contributed by atoms with Crippen molar-refractivity contribution in [2.24, 2.45) is 0 Å². The highest BCUT2D eigenvalue weighted by molar-refractivity contribution is 7.80. The van der Waals surface area contributed by atoms with E-state index in [1.807, 2.05) is 48.7 Å². The minimum atomic E-state index is -0.587. The van der Waals surface area contributed by atoms with Crippen molar-refractivity contribution in [3.8, 4) is 11.4 Å². The summed E-state index contributed by atoms with van der Waals surface area (Å²) in [6.45, 7) is 7.95. The molecule has 6 nitrogen and oxygen atoms in total. The molecular formula is C26H21Cl2N3O3S. The largest absolute Gasteiger partial charge is 0.490 e. The summed E-state index contributed by atoms with van der Waals surface area (Å²) in [4.78, 5) is 27.3. The molecule has 2 heterocycles. The SMILES string of the molecule is C=CCOc1ccc(-n2c(C)cc(/C=C3\C(=O)NC(=S)N(c4cccc(Cl)c4Cl)C3=O)c2C)cc1. The summed E-state index contributed by atoms with van der Waals surface area (Å²) in [7, 11) is 0. The van der Waals surface area contributed by atoms with Gasteiger partial charge < -0.3 is 9.30 Å². The van der Waals surface area contributed by atoms with Crippen molar-refractivity contribution in [2.45, 2.75) is 13.8 Å². The number of nitrogens with one attached hydrogen (secondary N) is 1. The van der Waals surface area contributed by atoms with E-state index in [-0.39, 0.29) is 20.7 Å². The number of anilines is 1. The predicted molar refractivity (Wildman–Crippen MR) is 144 cm³/mol. The average Bonchev–Trinajstić information content (AvgIpc) is 3.11. The van der Waals surface area contributed by atoms with Crippen molar-refractivity contribution < 1.29 is 14.3 Å².